The average molecular weight is 383 g/mol. The maximum Gasteiger partial charge on any atom is 0.280 e. The number of aliphatic imine (C=N–C) groups is 1. The van der Waals surface area contributed by atoms with Crippen molar-refractivity contribution >= 4 is 11.4 Å². The van der Waals surface area contributed by atoms with Gasteiger partial charge in [0.15, 0.2) is 0 Å². The molecule has 0 fully saturated rings. The van der Waals surface area contributed by atoms with Crippen molar-refractivity contribution in [3.05, 3.63) is 107 Å². The van der Waals surface area contributed by atoms with Crippen molar-refractivity contribution in [1.82, 2.24) is 9.78 Å². The summed E-state index contributed by atoms with van der Waals surface area (Å²) in [5.41, 5.74) is 3.47. The summed E-state index contributed by atoms with van der Waals surface area (Å²) in [5.74, 6) is 1.52. The maximum atomic E-state index is 12.9. The van der Waals surface area contributed by atoms with E-state index < -0.39 is 0 Å². The third-order valence-corrected chi connectivity index (χ3v) is 4.56. The molecule has 1 heterocycles. The van der Waals surface area contributed by atoms with Crippen molar-refractivity contribution in [2.24, 2.45) is 4.99 Å². The molecular formula is C24H21N3O2. The predicted molar refractivity (Wildman–Crippen MR) is 116 cm³/mol. The summed E-state index contributed by atoms with van der Waals surface area (Å²) in [6.45, 7) is 3.73. The highest BCUT2D eigenvalue weighted by molar-refractivity contribution is 6.01. The lowest BCUT2D eigenvalue weighted by molar-refractivity contribution is 0.483. The van der Waals surface area contributed by atoms with Crippen LogP contribution in [-0.2, 0) is 0 Å². The first-order valence-corrected chi connectivity index (χ1v) is 9.37. The number of hydrogen-bond acceptors (Lipinski definition) is 3. The maximum absolute atomic E-state index is 12.9. The molecule has 0 atom stereocenters. The zero-order valence-electron chi connectivity index (χ0n) is 16.3. The van der Waals surface area contributed by atoms with E-state index in [1.807, 2.05) is 98.8 Å². The largest absolute Gasteiger partial charge is 0.457 e. The highest BCUT2D eigenvalue weighted by Crippen LogP contribution is 2.24. The van der Waals surface area contributed by atoms with Gasteiger partial charge in [-0.2, -0.15) is 0 Å². The van der Waals surface area contributed by atoms with Crippen molar-refractivity contribution < 1.29 is 4.74 Å². The number of nitrogens with zero attached hydrogens (tertiary/aromatic N) is 2. The third-order valence-electron chi connectivity index (χ3n) is 4.56. The Kier molecular flexibility index (Phi) is 5.12. The normalized spacial score (nSPS) is 11.4. The first kappa shape index (κ1) is 18.5. The van der Waals surface area contributed by atoms with Crippen LogP contribution in [0.2, 0.25) is 0 Å². The van der Waals surface area contributed by atoms with Crippen molar-refractivity contribution in [3.8, 4) is 17.2 Å². The number of ether oxygens (including phenoxy) is 1. The summed E-state index contributed by atoms with van der Waals surface area (Å²) < 4.78 is 7.35. The molecule has 0 aliphatic rings. The van der Waals surface area contributed by atoms with Crippen LogP contribution in [0.3, 0.4) is 0 Å². The van der Waals surface area contributed by atoms with Gasteiger partial charge in [-0.15, -0.1) is 0 Å². The third kappa shape index (κ3) is 4.04. The summed E-state index contributed by atoms with van der Waals surface area (Å²) in [4.78, 5) is 17.5. The summed E-state index contributed by atoms with van der Waals surface area (Å²) in [7, 11) is 0. The van der Waals surface area contributed by atoms with Crippen molar-refractivity contribution in [2.75, 3.05) is 0 Å². The minimum atomic E-state index is -0.112. The molecule has 0 saturated carbocycles. The van der Waals surface area contributed by atoms with Gasteiger partial charge in [0.05, 0.1) is 22.6 Å². The molecule has 0 saturated heterocycles. The van der Waals surface area contributed by atoms with E-state index >= 15 is 0 Å². The topological polar surface area (TPSA) is 59.4 Å². The van der Waals surface area contributed by atoms with Gasteiger partial charge in [-0.05, 0) is 62.4 Å². The number of aromatic nitrogens is 2. The molecule has 5 nitrogen and oxygen atoms in total. The molecule has 0 aliphatic heterocycles. The van der Waals surface area contributed by atoms with Crippen molar-refractivity contribution in [3.63, 3.8) is 0 Å². The second-order valence-corrected chi connectivity index (χ2v) is 6.69. The molecule has 1 aromatic heterocycles. The first-order valence-electron chi connectivity index (χ1n) is 9.37. The van der Waals surface area contributed by atoms with Crippen molar-refractivity contribution in [2.45, 2.75) is 13.8 Å². The Hall–Kier alpha value is -3.86. The number of aromatic amines is 1. The van der Waals surface area contributed by atoms with E-state index in [1.165, 1.54) is 0 Å². The second kappa shape index (κ2) is 8.02. The highest BCUT2D eigenvalue weighted by Gasteiger charge is 2.15. The molecule has 0 unspecified atom stereocenters. The molecule has 3 aromatic carbocycles. The molecule has 0 bridgehead atoms. The first-order chi connectivity index (χ1) is 14.1. The lowest BCUT2D eigenvalue weighted by atomic mass is 10.1. The van der Waals surface area contributed by atoms with E-state index in [9.17, 15) is 4.79 Å². The molecule has 4 rings (SSSR count). The monoisotopic (exact) mass is 383 g/mol. The summed E-state index contributed by atoms with van der Waals surface area (Å²) >= 11 is 0. The second-order valence-electron chi connectivity index (χ2n) is 6.69. The minimum Gasteiger partial charge on any atom is -0.457 e. The fraction of sp³-hybridized carbons (Fsp3) is 0.0833. The number of hydrogen-bond donors (Lipinski definition) is 1. The van der Waals surface area contributed by atoms with Gasteiger partial charge < -0.3 is 4.74 Å². The molecule has 144 valence electrons. The van der Waals surface area contributed by atoms with Gasteiger partial charge in [-0.25, -0.2) is 4.68 Å². The molecule has 0 aliphatic carbocycles. The van der Waals surface area contributed by atoms with E-state index in [-0.39, 0.29) is 5.56 Å². The number of aryl methyl sites for hydroxylation is 1. The Bertz CT molecular complexity index is 1190. The van der Waals surface area contributed by atoms with Gasteiger partial charge in [0, 0.05) is 5.69 Å². The van der Waals surface area contributed by atoms with E-state index in [0.29, 0.717) is 11.3 Å². The van der Waals surface area contributed by atoms with Crippen LogP contribution >= 0.6 is 0 Å². The summed E-state index contributed by atoms with van der Waals surface area (Å²) in [6.07, 6.45) is 0. The summed E-state index contributed by atoms with van der Waals surface area (Å²) in [5, 5.41) is 3.14. The SMILES string of the molecule is CC(=Nc1ccc(Oc2ccccc2)cc1)c1c(C)[nH]n(-c2ccccc2)c1=O. The van der Waals surface area contributed by atoms with Crippen LogP contribution in [0.15, 0.2) is 94.7 Å². The molecule has 0 amide bonds. The Labute approximate surface area is 168 Å². The molecule has 4 aromatic rings. The zero-order valence-corrected chi connectivity index (χ0v) is 16.3. The van der Waals surface area contributed by atoms with Crippen LogP contribution in [0.25, 0.3) is 5.69 Å². The Morgan fingerprint density at radius 1 is 0.862 bits per heavy atom. The van der Waals surface area contributed by atoms with Crippen LogP contribution in [0.4, 0.5) is 5.69 Å². The van der Waals surface area contributed by atoms with E-state index in [2.05, 4.69) is 10.1 Å². The van der Waals surface area contributed by atoms with Gasteiger partial charge >= 0.3 is 0 Å². The Morgan fingerprint density at radius 2 is 1.45 bits per heavy atom. The van der Waals surface area contributed by atoms with Gasteiger partial charge in [0.2, 0.25) is 0 Å². The quantitative estimate of drug-likeness (QED) is 0.469. The van der Waals surface area contributed by atoms with E-state index in [0.717, 1.165) is 28.6 Å². The van der Waals surface area contributed by atoms with Crippen LogP contribution in [0.1, 0.15) is 18.2 Å². The van der Waals surface area contributed by atoms with Crippen LogP contribution in [-0.4, -0.2) is 15.5 Å². The lowest BCUT2D eigenvalue weighted by Gasteiger charge is -2.05. The molecule has 5 heteroatoms. The van der Waals surface area contributed by atoms with Gasteiger partial charge in [-0.3, -0.25) is 14.9 Å². The number of rotatable bonds is 5. The average Bonchev–Trinajstić information content (AvgIpc) is 3.05. The van der Waals surface area contributed by atoms with Crippen LogP contribution in [0, 0.1) is 6.92 Å². The zero-order chi connectivity index (χ0) is 20.2. The Morgan fingerprint density at radius 3 is 2.10 bits per heavy atom. The smallest absolute Gasteiger partial charge is 0.280 e. The van der Waals surface area contributed by atoms with Crippen LogP contribution in [0.5, 0.6) is 11.5 Å². The molecule has 1 N–H and O–H groups in total. The van der Waals surface area contributed by atoms with E-state index in [4.69, 9.17) is 4.74 Å². The predicted octanol–water partition coefficient (Wildman–Crippen LogP) is 5.41. The fourth-order valence-corrected chi connectivity index (χ4v) is 3.19. The standard InChI is InChI=1S/C24H21N3O2/c1-17(23-18(2)26-27(24(23)28)20-9-5-3-6-10-20)25-19-13-15-22(16-14-19)29-21-11-7-4-8-12-21/h3-16,26H,1-2H3. The molecular weight excluding hydrogens is 362 g/mol. The number of para-hydroxylation sites is 2. The van der Waals surface area contributed by atoms with Gasteiger partial charge in [-0.1, -0.05) is 36.4 Å². The minimum absolute atomic E-state index is 0.112. The number of benzene rings is 3. The molecule has 0 spiro atoms. The number of H-pyrrole nitrogens is 1. The van der Waals surface area contributed by atoms with Crippen LogP contribution < -0.4 is 10.3 Å². The van der Waals surface area contributed by atoms with Gasteiger partial charge in [0.25, 0.3) is 5.56 Å². The summed E-state index contributed by atoms with van der Waals surface area (Å²) in [6, 6.07) is 26.6. The van der Waals surface area contributed by atoms with Crippen molar-refractivity contribution in [1.29, 1.82) is 0 Å². The van der Waals surface area contributed by atoms with E-state index in [1.54, 1.807) is 4.68 Å². The van der Waals surface area contributed by atoms with Gasteiger partial charge in [0.1, 0.15) is 11.5 Å². The lowest BCUT2D eigenvalue weighted by Crippen LogP contribution is -2.19. The highest BCUT2D eigenvalue weighted by atomic mass is 16.5. The number of nitrogens with one attached hydrogen (secondary N) is 1. The Balaban J connectivity index is 1.59. The fourth-order valence-electron chi connectivity index (χ4n) is 3.19. The molecule has 0 radical (unpaired) electrons. The molecule has 29 heavy (non-hydrogen) atoms.